The fourth-order valence-electron chi connectivity index (χ4n) is 1.66. The van der Waals surface area contributed by atoms with E-state index < -0.39 is 0 Å². The average Bonchev–Trinajstić information content (AvgIpc) is 2.89. The zero-order chi connectivity index (χ0) is 13.1. The maximum atomic E-state index is 5.84. The minimum atomic E-state index is -0.211. The predicted molar refractivity (Wildman–Crippen MR) is 69.2 cm³/mol. The highest BCUT2D eigenvalue weighted by atomic mass is 35.5. The Morgan fingerprint density at radius 1 is 1.16 bits per heavy atom. The van der Waals surface area contributed by atoms with Gasteiger partial charge in [0.15, 0.2) is 5.75 Å². The molecule has 1 atom stereocenters. The van der Waals surface area contributed by atoms with E-state index in [0.29, 0.717) is 16.7 Å². The molecule has 1 aromatic carbocycles. The van der Waals surface area contributed by atoms with Gasteiger partial charge in [-0.25, -0.2) is 15.4 Å². The molecule has 2 aromatic rings. The van der Waals surface area contributed by atoms with Crippen molar-refractivity contribution in [3.63, 3.8) is 0 Å². The molecular weight excluding hydrogens is 266 g/mol. The maximum Gasteiger partial charge on any atom is 0.216 e. The van der Waals surface area contributed by atoms with E-state index in [1.165, 1.54) is 6.33 Å². The first-order chi connectivity index (χ1) is 9.31. The lowest BCUT2D eigenvalue weighted by molar-refractivity contribution is 0.0273. The van der Waals surface area contributed by atoms with Gasteiger partial charge in [0, 0.05) is 11.1 Å². The Morgan fingerprint density at radius 3 is 2.63 bits per heavy atom. The third kappa shape index (κ3) is 2.83. The van der Waals surface area contributed by atoms with Crippen molar-refractivity contribution in [1.82, 2.24) is 15.4 Å². The number of nitrogens with zero attached hydrogens (tertiary/aromatic N) is 2. The fourth-order valence-corrected chi connectivity index (χ4v) is 1.79. The number of hydrogen-bond donors (Lipinski definition) is 1. The SMILES string of the molecule is Clc1ccc(C2C=C(Oc3cncnc3)NO2)cc1. The zero-order valence-electron chi connectivity index (χ0n) is 9.79. The first-order valence-corrected chi connectivity index (χ1v) is 6.01. The summed E-state index contributed by atoms with van der Waals surface area (Å²) in [6.07, 6.45) is 6.21. The molecule has 0 spiro atoms. The first-order valence-electron chi connectivity index (χ1n) is 5.63. The van der Waals surface area contributed by atoms with Gasteiger partial charge in [0.2, 0.25) is 5.88 Å². The van der Waals surface area contributed by atoms with Gasteiger partial charge in [0.1, 0.15) is 12.4 Å². The normalized spacial score (nSPS) is 17.7. The summed E-state index contributed by atoms with van der Waals surface area (Å²) >= 11 is 5.84. The Kier molecular flexibility index (Phi) is 3.31. The van der Waals surface area contributed by atoms with Crippen LogP contribution in [-0.4, -0.2) is 9.97 Å². The second-order valence-electron chi connectivity index (χ2n) is 3.90. The van der Waals surface area contributed by atoms with Crippen molar-refractivity contribution in [3.05, 3.63) is 65.5 Å². The van der Waals surface area contributed by atoms with Crippen LogP contribution in [-0.2, 0) is 4.84 Å². The van der Waals surface area contributed by atoms with E-state index in [-0.39, 0.29) is 6.10 Å². The fraction of sp³-hybridized carbons (Fsp3) is 0.0769. The van der Waals surface area contributed by atoms with Crippen molar-refractivity contribution in [2.75, 3.05) is 0 Å². The molecule has 0 saturated heterocycles. The molecule has 6 heteroatoms. The molecule has 0 amide bonds. The molecule has 1 N–H and O–H groups in total. The van der Waals surface area contributed by atoms with E-state index in [1.54, 1.807) is 12.4 Å². The summed E-state index contributed by atoms with van der Waals surface area (Å²) in [6, 6.07) is 7.44. The quantitative estimate of drug-likeness (QED) is 0.933. The van der Waals surface area contributed by atoms with Crippen molar-refractivity contribution < 1.29 is 9.57 Å². The van der Waals surface area contributed by atoms with Crippen LogP contribution < -0.4 is 10.2 Å². The van der Waals surface area contributed by atoms with Crippen LogP contribution in [0.3, 0.4) is 0 Å². The van der Waals surface area contributed by atoms with Gasteiger partial charge in [-0.15, -0.1) is 0 Å². The second-order valence-corrected chi connectivity index (χ2v) is 4.34. The summed E-state index contributed by atoms with van der Waals surface area (Å²) in [5, 5.41) is 0.691. The van der Waals surface area contributed by atoms with Crippen LogP contribution in [0.15, 0.2) is 54.9 Å². The Hall–Kier alpha value is -2.11. The number of hydrogen-bond acceptors (Lipinski definition) is 5. The molecule has 1 aliphatic rings. The van der Waals surface area contributed by atoms with Gasteiger partial charge in [-0.1, -0.05) is 23.7 Å². The van der Waals surface area contributed by atoms with Crippen LogP contribution in [0.2, 0.25) is 5.02 Å². The van der Waals surface area contributed by atoms with Crippen LogP contribution in [0, 0.1) is 0 Å². The van der Waals surface area contributed by atoms with E-state index in [2.05, 4.69) is 15.4 Å². The number of nitrogens with one attached hydrogen (secondary N) is 1. The van der Waals surface area contributed by atoms with E-state index in [9.17, 15) is 0 Å². The van der Waals surface area contributed by atoms with Gasteiger partial charge < -0.3 is 4.74 Å². The highest BCUT2D eigenvalue weighted by molar-refractivity contribution is 6.30. The summed E-state index contributed by atoms with van der Waals surface area (Å²) in [7, 11) is 0. The van der Waals surface area contributed by atoms with E-state index in [4.69, 9.17) is 21.2 Å². The lowest BCUT2D eigenvalue weighted by atomic mass is 10.1. The molecular formula is C13H10ClN3O2. The summed E-state index contributed by atoms with van der Waals surface area (Å²) in [5.41, 5.74) is 3.70. The molecule has 19 heavy (non-hydrogen) atoms. The van der Waals surface area contributed by atoms with E-state index >= 15 is 0 Å². The maximum absolute atomic E-state index is 5.84. The Balaban J connectivity index is 1.72. The number of ether oxygens (including phenoxy) is 1. The van der Waals surface area contributed by atoms with Crippen LogP contribution >= 0.6 is 11.6 Å². The predicted octanol–water partition coefficient (Wildman–Crippen LogP) is 2.63. The number of hydroxylamine groups is 1. The standard InChI is InChI=1S/C13H10ClN3O2/c14-10-3-1-9(2-4-10)12-5-13(17-19-12)18-11-6-15-8-16-7-11/h1-8,12,17H. The van der Waals surface area contributed by atoms with Gasteiger partial charge in [-0.3, -0.25) is 4.84 Å². The topological polar surface area (TPSA) is 56.3 Å². The van der Waals surface area contributed by atoms with Crippen LogP contribution in [0.5, 0.6) is 5.75 Å². The minimum absolute atomic E-state index is 0.211. The molecule has 2 heterocycles. The average molecular weight is 276 g/mol. The number of halogens is 1. The lowest BCUT2D eigenvalue weighted by Gasteiger charge is -2.07. The van der Waals surface area contributed by atoms with Gasteiger partial charge >= 0.3 is 0 Å². The van der Waals surface area contributed by atoms with Gasteiger partial charge in [0.05, 0.1) is 12.4 Å². The molecule has 3 rings (SSSR count). The molecule has 0 fully saturated rings. The van der Waals surface area contributed by atoms with Crippen molar-refractivity contribution in [3.8, 4) is 5.75 Å². The molecule has 5 nitrogen and oxygen atoms in total. The molecule has 0 bridgehead atoms. The second kappa shape index (κ2) is 5.26. The van der Waals surface area contributed by atoms with Gasteiger partial charge in [0.25, 0.3) is 0 Å². The molecule has 96 valence electrons. The number of benzene rings is 1. The Morgan fingerprint density at radius 2 is 1.89 bits per heavy atom. The summed E-state index contributed by atoms with van der Waals surface area (Å²) < 4.78 is 5.52. The molecule has 0 aliphatic carbocycles. The molecule has 0 saturated carbocycles. The van der Waals surface area contributed by atoms with Crippen molar-refractivity contribution in [2.24, 2.45) is 0 Å². The third-order valence-corrected chi connectivity index (χ3v) is 2.80. The summed E-state index contributed by atoms with van der Waals surface area (Å²) in [5.74, 6) is 1.05. The van der Waals surface area contributed by atoms with Crippen molar-refractivity contribution in [2.45, 2.75) is 6.10 Å². The third-order valence-electron chi connectivity index (χ3n) is 2.55. The molecule has 1 aromatic heterocycles. The first kappa shape index (κ1) is 12.0. The van der Waals surface area contributed by atoms with Gasteiger partial charge in [-0.05, 0) is 17.7 Å². The Bertz CT molecular complexity index is 587. The number of aromatic nitrogens is 2. The monoisotopic (exact) mass is 275 g/mol. The number of rotatable bonds is 3. The van der Waals surface area contributed by atoms with Crippen LogP contribution in [0.1, 0.15) is 11.7 Å². The molecule has 1 aliphatic heterocycles. The molecule has 1 unspecified atom stereocenters. The van der Waals surface area contributed by atoms with Crippen LogP contribution in [0.4, 0.5) is 0 Å². The minimum Gasteiger partial charge on any atom is -0.436 e. The lowest BCUT2D eigenvalue weighted by Crippen LogP contribution is -2.12. The molecule has 0 radical (unpaired) electrons. The van der Waals surface area contributed by atoms with E-state index in [0.717, 1.165) is 5.56 Å². The largest absolute Gasteiger partial charge is 0.436 e. The zero-order valence-corrected chi connectivity index (χ0v) is 10.5. The summed E-state index contributed by atoms with van der Waals surface area (Å²) in [6.45, 7) is 0. The highest BCUT2D eigenvalue weighted by Gasteiger charge is 2.19. The van der Waals surface area contributed by atoms with Crippen molar-refractivity contribution in [1.29, 1.82) is 0 Å². The van der Waals surface area contributed by atoms with Crippen LogP contribution in [0.25, 0.3) is 0 Å². The van der Waals surface area contributed by atoms with Crippen molar-refractivity contribution >= 4 is 11.6 Å². The van der Waals surface area contributed by atoms with Gasteiger partial charge in [-0.2, -0.15) is 0 Å². The Labute approximate surface area is 114 Å². The van der Waals surface area contributed by atoms with E-state index in [1.807, 2.05) is 30.3 Å². The highest BCUT2D eigenvalue weighted by Crippen LogP contribution is 2.26. The smallest absolute Gasteiger partial charge is 0.216 e. The summed E-state index contributed by atoms with van der Waals surface area (Å²) in [4.78, 5) is 13.1.